The predicted molar refractivity (Wildman–Crippen MR) is 158 cm³/mol. The van der Waals surface area contributed by atoms with Crippen molar-refractivity contribution in [3.8, 4) is 0 Å². The normalized spacial score (nSPS) is 36.0. The zero-order chi connectivity index (χ0) is 28.4. The highest BCUT2D eigenvalue weighted by Crippen LogP contribution is 2.67. The van der Waals surface area contributed by atoms with Crippen LogP contribution in [0.25, 0.3) is 0 Å². The highest BCUT2D eigenvalue weighted by Gasteiger charge is 2.59. The number of carbonyl (C=O) groups excluding carboxylic acids is 1. The molecule has 4 aliphatic carbocycles. The molecule has 40 heavy (non-hydrogen) atoms. The van der Waals surface area contributed by atoms with Gasteiger partial charge in [-0.2, -0.15) is 0 Å². The second-order valence-corrected chi connectivity index (χ2v) is 15.5. The third kappa shape index (κ3) is 7.30. The van der Waals surface area contributed by atoms with E-state index in [-0.39, 0.29) is 35.1 Å². The molecule has 0 aromatic heterocycles. The Labute approximate surface area is 256 Å². The standard InChI is InChI=1S/C34H60NO4.BrH/c1-24(2)9-8-10-25(3)29-13-14-30-28-12-11-26-23-27(39-32(37)38-22-20-35(6,7)19-21-36)15-17-33(26,4)31(28)16-18-34(29,30)5;/h11,24-25,27-31,36H,8-10,12-23H2,1-7H3;1H/q+1;/p-1/t25-,27+,28?,29?,30?,31?,33+,34-;/m1./s1. The summed E-state index contributed by atoms with van der Waals surface area (Å²) in [6.45, 7) is 14.3. The molecule has 4 rings (SSSR count). The van der Waals surface area contributed by atoms with E-state index in [1.165, 1.54) is 51.4 Å². The lowest BCUT2D eigenvalue weighted by atomic mass is 9.47. The van der Waals surface area contributed by atoms with Gasteiger partial charge in [0.25, 0.3) is 0 Å². The van der Waals surface area contributed by atoms with Gasteiger partial charge in [-0.25, -0.2) is 4.79 Å². The SMILES string of the molecule is CC(C)CCC[C@@H](C)C1CCC2C3CC=C4C[C@@H](OC(=O)OCC[N+](C)(C)CCO)CC[C@]4(C)C3CC[C@@]21C.[Br-]. The van der Waals surface area contributed by atoms with Crippen LogP contribution < -0.4 is 17.0 Å². The molecule has 4 aliphatic rings. The van der Waals surface area contributed by atoms with Crippen molar-refractivity contribution in [3.63, 3.8) is 0 Å². The lowest BCUT2D eigenvalue weighted by molar-refractivity contribution is -0.890. The van der Waals surface area contributed by atoms with E-state index in [4.69, 9.17) is 9.47 Å². The number of aliphatic hydroxyl groups is 1. The van der Waals surface area contributed by atoms with Gasteiger partial charge in [-0.3, -0.25) is 0 Å². The number of aliphatic hydroxyl groups excluding tert-OH is 1. The summed E-state index contributed by atoms with van der Waals surface area (Å²) in [4.78, 5) is 12.4. The van der Waals surface area contributed by atoms with Gasteiger partial charge in [0.15, 0.2) is 0 Å². The fourth-order valence-corrected chi connectivity index (χ4v) is 9.68. The Morgan fingerprint density at radius 2 is 1.80 bits per heavy atom. The van der Waals surface area contributed by atoms with Crippen LogP contribution >= 0.6 is 0 Å². The summed E-state index contributed by atoms with van der Waals surface area (Å²) < 4.78 is 11.9. The van der Waals surface area contributed by atoms with E-state index >= 15 is 0 Å². The minimum absolute atomic E-state index is 0. The first-order valence-electron chi connectivity index (χ1n) is 16.4. The number of likely N-dealkylation sites (N-methyl/N-ethyl adjacent to an activating group) is 1. The van der Waals surface area contributed by atoms with Crippen LogP contribution in [0.3, 0.4) is 0 Å². The third-order valence-electron chi connectivity index (χ3n) is 12.1. The molecule has 0 aromatic rings. The van der Waals surface area contributed by atoms with Crippen LogP contribution in [0.1, 0.15) is 105 Å². The lowest BCUT2D eigenvalue weighted by Crippen LogP contribution is -3.00. The summed E-state index contributed by atoms with van der Waals surface area (Å²) in [7, 11) is 4.06. The quantitative estimate of drug-likeness (QED) is 0.207. The number of hydrogen-bond donors (Lipinski definition) is 1. The monoisotopic (exact) mass is 625 g/mol. The summed E-state index contributed by atoms with van der Waals surface area (Å²) in [5.41, 5.74) is 2.34. The lowest BCUT2D eigenvalue weighted by Gasteiger charge is -2.58. The Balaban J connectivity index is 0.00000441. The molecule has 0 aliphatic heterocycles. The molecular weight excluding hydrogens is 566 g/mol. The van der Waals surface area contributed by atoms with Gasteiger partial charge in [0, 0.05) is 6.42 Å². The van der Waals surface area contributed by atoms with Crippen molar-refractivity contribution < 1.29 is 40.8 Å². The van der Waals surface area contributed by atoms with Crippen LogP contribution in [0.4, 0.5) is 4.79 Å². The third-order valence-corrected chi connectivity index (χ3v) is 12.1. The molecule has 4 unspecified atom stereocenters. The molecule has 0 spiro atoms. The number of carbonyl (C=O) groups is 1. The van der Waals surface area contributed by atoms with E-state index < -0.39 is 6.16 Å². The molecular formula is C34H60BrNO4. The largest absolute Gasteiger partial charge is 1.00 e. The van der Waals surface area contributed by atoms with Crippen LogP contribution in [-0.4, -0.2) is 62.2 Å². The maximum atomic E-state index is 12.4. The van der Waals surface area contributed by atoms with Crippen molar-refractivity contribution in [2.75, 3.05) is 40.4 Å². The van der Waals surface area contributed by atoms with Crippen LogP contribution in [0.2, 0.25) is 0 Å². The first kappa shape index (κ1) is 33.9. The minimum atomic E-state index is -0.533. The zero-order valence-corrected chi connectivity index (χ0v) is 28.3. The van der Waals surface area contributed by atoms with Gasteiger partial charge in [0.1, 0.15) is 25.8 Å². The van der Waals surface area contributed by atoms with Crippen LogP contribution in [0.15, 0.2) is 11.6 Å². The smallest absolute Gasteiger partial charge is 0.508 e. The van der Waals surface area contributed by atoms with Gasteiger partial charge < -0.3 is 36.0 Å². The van der Waals surface area contributed by atoms with Gasteiger partial charge in [0.05, 0.1) is 20.7 Å². The summed E-state index contributed by atoms with van der Waals surface area (Å²) in [5, 5.41) is 9.20. The Hall–Kier alpha value is -0.590. The summed E-state index contributed by atoms with van der Waals surface area (Å²) in [6.07, 6.45) is 15.9. The summed E-state index contributed by atoms with van der Waals surface area (Å²) >= 11 is 0. The maximum Gasteiger partial charge on any atom is 0.508 e. The van der Waals surface area contributed by atoms with Gasteiger partial charge in [-0.1, -0.05) is 65.5 Å². The molecule has 6 heteroatoms. The van der Waals surface area contributed by atoms with Gasteiger partial charge >= 0.3 is 6.16 Å². The fourth-order valence-electron chi connectivity index (χ4n) is 9.68. The van der Waals surface area contributed by atoms with Crippen molar-refractivity contribution in [1.82, 2.24) is 0 Å². The topological polar surface area (TPSA) is 55.8 Å². The molecule has 1 N–H and O–H groups in total. The average Bonchev–Trinajstić information content (AvgIpc) is 3.21. The van der Waals surface area contributed by atoms with Crippen molar-refractivity contribution in [1.29, 1.82) is 0 Å². The molecule has 3 saturated carbocycles. The first-order chi connectivity index (χ1) is 18.4. The highest BCUT2D eigenvalue weighted by atomic mass is 79.9. The summed E-state index contributed by atoms with van der Waals surface area (Å²) in [5.74, 6) is 5.06. The number of rotatable bonds is 11. The summed E-state index contributed by atoms with van der Waals surface area (Å²) in [6, 6.07) is 0. The maximum absolute atomic E-state index is 12.4. The fraction of sp³-hybridized carbons (Fsp3) is 0.912. The van der Waals surface area contributed by atoms with Crippen molar-refractivity contribution in [3.05, 3.63) is 11.6 Å². The van der Waals surface area contributed by atoms with E-state index in [9.17, 15) is 9.90 Å². The molecule has 0 bridgehead atoms. The number of ether oxygens (including phenoxy) is 2. The predicted octanol–water partition coefficient (Wildman–Crippen LogP) is 4.62. The van der Waals surface area contributed by atoms with Crippen molar-refractivity contribution in [2.24, 2.45) is 46.3 Å². The van der Waals surface area contributed by atoms with Crippen molar-refractivity contribution >= 4 is 6.16 Å². The van der Waals surface area contributed by atoms with Gasteiger partial charge in [-0.05, 0) is 91.3 Å². The molecule has 0 aromatic carbocycles. The van der Waals surface area contributed by atoms with Crippen molar-refractivity contribution in [2.45, 2.75) is 111 Å². The molecule has 3 fully saturated rings. The number of halogens is 1. The van der Waals surface area contributed by atoms with Gasteiger partial charge in [0.2, 0.25) is 0 Å². The van der Waals surface area contributed by atoms with E-state index in [1.807, 2.05) is 14.1 Å². The number of nitrogens with zero attached hydrogens (tertiary/aromatic N) is 1. The number of quaternary nitrogens is 1. The average molecular weight is 627 g/mol. The molecule has 232 valence electrons. The molecule has 0 amide bonds. The second kappa shape index (κ2) is 13.8. The Kier molecular flexibility index (Phi) is 11.7. The number of hydrogen-bond acceptors (Lipinski definition) is 4. The Morgan fingerprint density at radius 3 is 2.50 bits per heavy atom. The van der Waals surface area contributed by atoms with E-state index in [2.05, 4.69) is 40.7 Å². The van der Waals surface area contributed by atoms with Gasteiger partial charge in [-0.15, -0.1) is 0 Å². The van der Waals surface area contributed by atoms with Crippen LogP contribution in [-0.2, 0) is 9.47 Å². The Bertz CT molecular complexity index is 874. The molecule has 0 saturated heterocycles. The number of allylic oxidation sites excluding steroid dienone is 1. The minimum Gasteiger partial charge on any atom is -1.00 e. The Morgan fingerprint density at radius 1 is 1.05 bits per heavy atom. The first-order valence-corrected chi connectivity index (χ1v) is 16.4. The van der Waals surface area contributed by atoms with E-state index in [0.717, 1.165) is 54.8 Å². The number of fused-ring (bicyclic) bond motifs is 5. The zero-order valence-electron chi connectivity index (χ0n) is 26.7. The van der Waals surface area contributed by atoms with E-state index in [1.54, 1.807) is 5.57 Å². The molecule has 0 heterocycles. The molecule has 8 atom stereocenters. The highest BCUT2D eigenvalue weighted by molar-refractivity contribution is 5.60. The van der Waals surface area contributed by atoms with Crippen LogP contribution in [0.5, 0.6) is 0 Å². The molecule has 5 nitrogen and oxygen atoms in total. The molecule has 0 radical (unpaired) electrons. The van der Waals surface area contributed by atoms with E-state index in [0.29, 0.717) is 29.6 Å². The van der Waals surface area contributed by atoms with Crippen LogP contribution in [0, 0.1) is 46.3 Å². The second-order valence-electron chi connectivity index (χ2n) is 15.5.